The van der Waals surface area contributed by atoms with Gasteiger partial charge in [0.2, 0.25) is 15.6 Å². The Bertz CT molecular complexity index is 1560. The second-order valence-electron chi connectivity index (χ2n) is 8.72. The molecule has 3 aromatic heterocycles. The molecule has 174 valence electrons. The zero-order chi connectivity index (χ0) is 24.1. The Hall–Kier alpha value is -3.70. The van der Waals surface area contributed by atoms with Gasteiger partial charge in [-0.25, -0.2) is 13.1 Å². The van der Waals surface area contributed by atoms with E-state index < -0.39 is 15.6 Å². The summed E-state index contributed by atoms with van der Waals surface area (Å²) >= 11 is 0. The molecule has 0 amide bonds. The van der Waals surface area contributed by atoms with Crippen molar-refractivity contribution in [3.05, 3.63) is 65.3 Å². The van der Waals surface area contributed by atoms with Gasteiger partial charge < -0.3 is 4.98 Å². The maximum absolute atomic E-state index is 12.0. The number of fused-ring (bicyclic) bond motifs is 1. The zero-order valence-electron chi connectivity index (χ0n) is 18.6. The fourth-order valence-corrected chi connectivity index (χ4v) is 5.37. The highest BCUT2D eigenvalue weighted by Crippen LogP contribution is 2.37. The Morgan fingerprint density at radius 2 is 1.97 bits per heavy atom. The molecule has 1 aromatic carbocycles. The minimum absolute atomic E-state index is 0.0556. The molecule has 11 heteroatoms. The molecule has 1 saturated heterocycles. The van der Waals surface area contributed by atoms with Crippen LogP contribution in [0, 0.1) is 0 Å². The summed E-state index contributed by atoms with van der Waals surface area (Å²) in [5.74, 6) is -0.0556. The van der Waals surface area contributed by atoms with E-state index in [9.17, 15) is 18.0 Å². The number of nitrogens with zero attached hydrogens (tertiary/aromatic N) is 5. The van der Waals surface area contributed by atoms with E-state index >= 15 is 0 Å². The van der Waals surface area contributed by atoms with Crippen LogP contribution in [0.5, 0.6) is 0 Å². The van der Waals surface area contributed by atoms with Gasteiger partial charge in [0.25, 0.3) is 0 Å². The van der Waals surface area contributed by atoms with Crippen LogP contribution in [-0.4, -0.2) is 62.8 Å². The predicted octanol–water partition coefficient (Wildman–Crippen LogP) is 1.80. The molecular weight excluding hydrogens is 456 g/mol. The van der Waals surface area contributed by atoms with Gasteiger partial charge in [0, 0.05) is 48.9 Å². The molecule has 0 atom stereocenters. The molecule has 0 bridgehead atoms. The van der Waals surface area contributed by atoms with Crippen LogP contribution in [0.25, 0.3) is 33.3 Å². The number of aromatic nitrogens is 5. The van der Waals surface area contributed by atoms with Gasteiger partial charge >= 0.3 is 0 Å². The van der Waals surface area contributed by atoms with E-state index in [2.05, 4.69) is 20.3 Å². The third kappa shape index (κ3) is 3.93. The fourth-order valence-electron chi connectivity index (χ4n) is 4.42. The average Bonchev–Trinajstić information content (AvgIpc) is 3.25. The highest BCUT2D eigenvalue weighted by molar-refractivity contribution is 7.88. The predicted molar refractivity (Wildman–Crippen MR) is 127 cm³/mol. The molecule has 10 nitrogen and oxygen atoms in total. The SMILES string of the molecule is CC(=O)CC1(n2cc(-c3cc(-c4ccc(=O)[nH]c4)cc4ncccc34)nn2)CN(S(C)(=O)=O)C1. The standard InChI is InChI=1S/C23H22N6O4S/c1-15(30)10-23(13-28(14-23)34(2,32)33)29-12-21(26-27-29)19-8-17(16-5-6-22(31)25-11-16)9-20-18(19)4-3-7-24-20/h3-9,11-12H,10,13-14H2,1-2H3,(H,25,31). The summed E-state index contributed by atoms with van der Waals surface area (Å²) in [7, 11) is -3.37. The van der Waals surface area contributed by atoms with Gasteiger partial charge in [-0.2, -0.15) is 4.31 Å². The van der Waals surface area contributed by atoms with Crippen LogP contribution in [0.1, 0.15) is 13.3 Å². The van der Waals surface area contributed by atoms with E-state index in [1.54, 1.807) is 29.3 Å². The first kappa shape index (κ1) is 22.1. The number of sulfonamides is 1. The molecule has 5 rings (SSSR count). The minimum Gasteiger partial charge on any atom is -0.328 e. The van der Waals surface area contributed by atoms with E-state index in [4.69, 9.17) is 0 Å². The third-order valence-corrected chi connectivity index (χ3v) is 7.28. The number of ketones is 1. The first-order chi connectivity index (χ1) is 16.1. The van der Waals surface area contributed by atoms with Crippen molar-refractivity contribution < 1.29 is 13.2 Å². The zero-order valence-corrected chi connectivity index (χ0v) is 19.4. The van der Waals surface area contributed by atoms with Crippen LogP contribution in [0.4, 0.5) is 0 Å². The number of H-pyrrole nitrogens is 1. The summed E-state index contributed by atoms with van der Waals surface area (Å²) in [6, 6.07) is 10.9. The molecule has 0 unspecified atom stereocenters. The topological polar surface area (TPSA) is 131 Å². The second-order valence-corrected chi connectivity index (χ2v) is 10.7. The van der Waals surface area contributed by atoms with E-state index in [0.29, 0.717) is 5.69 Å². The second kappa shape index (κ2) is 7.96. The average molecular weight is 479 g/mol. The van der Waals surface area contributed by atoms with Gasteiger partial charge in [-0.15, -0.1) is 5.10 Å². The quantitative estimate of drug-likeness (QED) is 0.447. The highest BCUT2D eigenvalue weighted by Gasteiger charge is 2.50. The van der Waals surface area contributed by atoms with E-state index in [-0.39, 0.29) is 30.9 Å². The lowest BCUT2D eigenvalue weighted by atomic mass is 9.87. The number of rotatable bonds is 6. The third-order valence-electron chi connectivity index (χ3n) is 6.08. The van der Waals surface area contributed by atoms with Gasteiger partial charge in [0.05, 0.1) is 23.5 Å². The Morgan fingerprint density at radius 1 is 1.18 bits per heavy atom. The van der Waals surface area contributed by atoms with Gasteiger partial charge in [0.1, 0.15) is 11.5 Å². The van der Waals surface area contributed by atoms with Gasteiger partial charge in [-0.05, 0) is 42.3 Å². The van der Waals surface area contributed by atoms with Crippen molar-refractivity contribution >= 4 is 26.7 Å². The molecule has 1 N–H and O–H groups in total. The first-order valence-corrected chi connectivity index (χ1v) is 12.5. The first-order valence-electron chi connectivity index (χ1n) is 10.6. The van der Waals surface area contributed by atoms with Gasteiger partial charge in [0.15, 0.2) is 0 Å². The molecule has 4 heterocycles. The summed E-state index contributed by atoms with van der Waals surface area (Å²) in [6.07, 6.45) is 6.40. The maximum atomic E-state index is 12.0. The van der Waals surface area contributed by atoms with Crippen LogP contribution in [-0.2, 0) is 20.4 Å². The van der Waals surface area contributed by atoms with Crippen molar-refractivity contribution in [2.24, 2.45) is 0 Å². The highest BCUT2D eigenvalue weighted by atomic mass is 32.2. The molecule has 1 aliphatic rings. The Morgan fingerprint density at radius 3 is 2.65 bits per heavy atom. The number of nitrogens with one attached hydrogen (secondary N) is 1. The lowest BCUT2D eigenvalue weighted by Crippen LogP contribution is -2.64. The monoisotopic (exact) mass is 478 g/mol. The van der Waals surface area contributed by atoms with Crippen LogP contribution >= 0.6 is 0 Å². The Kier molecular flexibility index (Phi) is 5.18. The number of carbonyl (C=O) groups excluding carboxylic acids is 1. The maximum Gasteiger partial charge on any atom is 0.247 e. The number of benzene rings is 1. The van der Waals surface area contributed by atoms with Crippen LogP contribution in [0.3, 0.4) is 0 Å². The number of carbonyl (C=O) groups is 1. The van der Waals surface area contributed by atoms with Gasteiger partial charge in [-0.3, -0.25) is 14.6 Å². The van der Waals surface area contributed by atoms with Crippen LogP contribution in [0.15, 0.2) is 59.8 Å². The Balaban J connectivity index is 1.60. The van der Waals surface area contributed by atoms with Crippen molar-refractivity contribution in [3.8, 4) is 22.4 Å². The van der Waals surface area contributed by atoms with Crippen molar-refractivity contribution in [2.75, 3.05) is 19.3 Å². The summed E-state index contributed by atoms with van der Waals surface area (Å²) in [5, 5.41) is 9.55. The lowest BCUT2D eigenvalue weighted by Gasteiger charge is -2.47. The van der Waals surface area contributed by atoms with Crippen molar-refractivity contribution in [2.45, 2.75) is 18.9 Å². The molecule has 1 aliphatic heterocycles. The number of pyridine rings is 2. The molecule has 0 aliphatic carbocycles. The van der Waals surface area contributed by atoms with E-state index in [1.165, 1.54) is 17.3 Å². The van der Waals surface area contributed by atoms with Crippen LogP contribution < -0.4 is 5.56 Å². The van der Waals surface area contributed by atoms with E-state index in [0.717, 1.165) is 33.8 Å². The Labute approximate surface area is 195 Å². The summed E-state index contributed by atoms with van der Waals surface area (Å²) in [5.41, 5.74) is 2.81. The minimum atomic E-state index is -3.37. The van der Waals surface area contributed by atoms with E-state index in [1.807, 2.05) is 24.3 Å². The molecule has 0 radical (unpaired) electrons. The van der Waals surface area contributed by atoms with Crippen molar-refractivity contribution in [1.82, 2.24) is 29.3 Å². The molecule has 1 fully saturated rings. The smallest absolute Gasteiger partial charge is 0.247 e. The lowest BCUT2D eigenvalue weighted by molar-refractivity contribution is -0.121. The molecule has 34 heavy (non-hydrogen) atoms. The van der Waals surface area contributed by atoms with Gasteiger partial charge in [-0.1, -0.05) is 11.3 Å². The molecule has 0 saturated carbocycles. The van der Waals surface area contributed by atoms with Crippen molar-refractivity contribution in [3.63, 3.8) is 0 Å². The number of hydrogen-bond donors (Lipinski definition) is 1. The molecule has 0 spiro atoms. The number of Topliss-reactive ketones (excluding diaryl/α,β-unsaturated/α-hetero) is 1. The molecule has 4 aromatic rings. The summed E-state index contributed by atoms with van der Waals surface area (Å²) < 4.78 is 26.8. The van der Waals surface area contributed by atoms with Crippen molar-refractivity contribution in [1.29, 1.82) is 0 Å². The number of hydrogen-bond acceptors (Lipinski definition) is 7. The largest absolute Gasteiger partial charge is 0.328 e. The molecular formula is C23H22N6O4S. The number of aromatic amines is 1. The normalized spacial score (nSPS) is 15.8. The fraction of sp³-hybridized carbons (Fsp3) is 0.261. The summed E-state index contributed by atoms with van der Waals surface area (Å²) in [4.78, 5) is 30.7. The summed E-state index contributed by atoms with van der Waals surface area (Å²) in [6.45, 7) is 1.80. The van der Waals surface area contributed by atoms with Crippen LogP contribution in [0.2, 0.25) is 0 Å².